The van der Waals surface area contributed by atoms with Crippen molar-refractivity contribution in [1.29, 1.82) is 0 Å². The van der Waals surface area contributed by atoms with Gasteiger partial charge in [0.25, 0.3) is 0 Å². The Bertz CT molecular complexity index is 513. The fourth-order valence-electron chi connectivity index (χ4n) is 3.22. The quantitative estimate of drug-likeness (QED) is 0.788. The molecule has 4 heteroatoms. The molecule has 1 fully saturated rings. The smallest absolute Gasteiger partial charge is 0.410 e. The van der Waals surface area contributed by atoms with Crippen LogP contribution in [0.15, 0.2) is 30.3 Å². The number of hydrogen-bond acceptors (Lipinski definition) is 3. The molecule has 0 aliphatic carbocycles. The molecule has 1 atom stereocenters. The second-order valence-corrected chi connectivity index (χ2v) is 7.22. The summed E-state index contributed by atoms with van der Waals surface area (Å²) in [5.41, 5.74) is 0.758. The zero-order chi connectivity index (χ0) is 16.9. The average Bonchev–Trinajstić information content (AvgIpc) is 2.52. The maximum Gasteiger partial charge on any atom is 0.410 e. The lowest BCUT2D eigenvalue weighted by Gasteiger charge is -2.36. The zero-order valence-electron chi connectivity index (χ0n) is 14.3. The standard InChI is InChI=1S/C19H27NO3/c1-19(2,3)23-18(22)20-12-9-16(10-13-20)17(11-14-21)15-7-5-4-6-8-15/h4-8,14,16-17H,9-13H2,1-3H3. The Labute approximate surface area is 138 Å². The Hall–Kier alpha value is -1.84. The van der Waals surface area contributed by atoms with Gasteiger partial charge in [0.05, 0.1) is 0 Å². The van der Waals surface area contributed by atoms with Crippen LogP contribution in [0.2, 0.25) is 0 Å². The van der Waals surface area contributed by atoms with E-state index in [1.54, 1.807) is 4.90 Å². The van der Waals surface area contributed by atoms with Crippen LogP contribution in [0.5, 0.6) is 0 Å². The van der Waals surface area contributed by atoms with E-state index in [4.69, 9.17) is 4.74 Å². The van der Waals surface area contributed by atoms with Gasteiger partial charge in [-0.25, -0.2) is 4.79 Å². The number of aldehydes is 1. The molecule has 1 aromatic rings. The van der Waals surface area contributed by atoms with Crippen molar-refractivity contribution in [3.63, 3.8) is 0 Å². The first kappa shape index (κ1) is 17.5. The molecule has 126 valence electrons. The largest absolute Gasteiger partial charge is 0.444 e. The molecule has 0 N–H and O–H groups in total. The molecule has 1 aromatic carbocycles. The van der Waals surface area contributed by atoms with Crippen molar-refractivity contribution in [3.05, 3.63) is 35.9 Å². The van der Waals surface area contributed by atoms with E-state index in [1.807, 2.05) is 39.0 Å². The molecule has 0 bridgehead atoms. The fraction of sp³-hybridized carbons (Fsp3) is 0.579. The van der Waals surface area contributed by atoms with Gasteiger partial charge in [0, 0.05) is 19.5 Å². The minimum absolute atomic E-state index is 0.234. The number of ether oxygens (including phenoxy) is 1. The highest BCUT2D eigenvalue weighted by Crippen LogP contribution is 2.35. The highest BCUT2D eigenvalue weighted by Gasteiger charge is 2.31. The highest BCUT2D eigenvalue weighted by molar-refractivity contribution is 5.68. The van der Waals surface area contributed by atoms with Gasteiger partial charge in [-0.15, -0.1) is 0 Å². The van der Waals surface area contributed by atoms with Crippen LogP contribution in [0.3, 0.4) is 0 Å². The van der Waals surface area contributed by atoms with E-state index in [2.05, 4.69) is 12.1 Å². The van der Waals surface area contributed by atoms with Gasteiger partial charge in [0.2, 0.25) is 0 Å². The second kappa shape index (κ2) is 7.62. The van der Waals surface area contributed by atoms with Gasteiger partial charge in [0.1, 0.15) is 11.9 Å². The van der Waals surface area contributed by atoms with Crippen LogP contribution in [0.25, 0.3) is 0 Å². The van der Waals surface area contributed by atoms with Crippen LogP contribution in [-0.2, 0) is 9.53 Å². The normalized spacial score (nSPS) is 17.6. The molecule has 4 nitrogen and oxygen atoms in total. The number of nitrogens with zero attached hydrogens (tertiary/aromatic N) is 1. The van der Waals surface area contributed by atoms with Crippen LogP contribution in [0.4, 0.5) is 4.79 Å². The molecule has 23 heavy (non-hydrogen) atoms. The number of piperidine rings is 1. The van der Waals surface area contributed by atoms with E-state index in [9.17, 15) is 9.59 Å². The van der Waals surface area contributed by atoms with Crippen LogP contribution >= 0.6 is 0 Å². The third-order valence-electron chi connectivity index (χ3n) is 4.34. The third-order valence-corrected chi connectivity index (χ3v) is 4.34. The van der Waals surface area contributed by atoms with E-state index in [1.165, 1.54) is 5.56 Å². The number of carbonyl (C=O) groups is 2. The summed E-state index contributed by atoms with van der Waals surface area (Å²) in [4.78, 5) is 25.0. The first-order valence-corrected chi connectivity index (χ1v) is 8.37. The van der Waals surface area contributed by atoms with Crippen molar-refractivity contribution in [2.45, 2.75) is 51.6 Å². The fourth-order valence-corrected chi connectivity index (χ4v) is 3.22. The van der Waals surface area contributed by atoms with Crippen LogP contribution in [0, 0.1) is 5.92 Å². The van der Waals surface area contributed by atoms with Crippen molar-refractivity contribution in [1.82, 2.24) is 4.90 Å². The van der Waals surface area contributed by atoms with Crippen molar-refractivity contribution < 1.29 is 14.3 Å². The van der Waals surface area contributed by atoms with Crippen LogP contribution < -0.4 is 0 Å². The van der Waals surface area contributed by atoms with Crippen molar-refractivity contribution in [3.8, 4) is 0 Å². The molecule has 0 spiro atoms. The molecule has 1 saturated heterocycles. The van der Waals surface area contributed by atoms with Gasteiger partial charge in [-0.3, -0.25) is 0 Å². The molecule has 1 heterocycles. The van der Waals surface area contributed by atoms with Gasteiger partial charge in [-0.2, -0.15) is 0 Å². The topological polar surface area (TPSA) is 46.6 Å². The summed E-state index contributed by atoms with van der Waals surface area (Å²) in [7, 11) is 0. The van der Waals surface area contributed by atoms with Crippen LogP contribution in [-0.4, -0.2) is 36.0 Å². The Morgan fingerprint density at radius 3 is 2.39 bits per heavy atom. The number of benzene rings is 1. The number of amides is 1. The molecule has 2 rings (SSSR count). The highest BCUT2D eigenvalue weighted by atomic mass is 16.6. The maximum absolute atomic E-state index is 12.1. The molecule has 1 aliphatic rings. The molecular formula is C19H27NO3. The summed E-state index contributed by atoms with van der Waals surface area (Å²) in [6, 6.07) is 10.2. The third kappa shape index (κ3) is 5.08. The molecule has 1 amide bonds. The van der Waals surface area contributed by atoms with Gasteiger partial charge in [0.15, 0.2) is 0 Å². The first-order chi connectivity index (χ1) is 10.9. The number of likely N-dealkylation sites (tertiary alicyclic amines) is 1. The van der Waals surface area contributed by atoms with Gasteiger partial charge < -0.3 is 14.4 Å². The van der Waals surface area contributed by atoms with Gasteiger partial charge in [-0.1, -0.05) is 30.3 Å². The van der Waals surface area contributed by atoms with Crippen molar-refractivity contribution in [2.24, 2.45) is 5.92 Å². The van der Waals surface area contributed by atoms with E-state index >= 15 is 0 Å². The lowest BCUT2D eigenvalue weighted by Crippen LogP contribution is -2.42. The summed E-state index contributed by atoms with van der Waals surface area (Å²) in [5, 5.41) is 0. The molecule has 0 radical (unpaired) electrons. The van der Waals surface area contributed by atoms with Gasteiger partial charge >= 0.3 is 6.09 Å². The molecule has 1 unspecified atom stereocenters. The monoisotopic (exact) mass is 317 g/mol. The summed E-state index contributed by atoms with van der Waals surface area (Å²) < 4.78 is 5.44. The maximum atomic E-state index is 12.1. The summed E-state index contributed by atoms with van der Waals surface area (Å²) in [6.45, 7) is 7.04. The summed E-state index contributed by atoms with van der Waals surface area (Å²) in [6.07, 6.45) is 3.14. The minimum Gasteiger partial charge on any atom is -0.444 e. The summed E-state index contributed by atoms with van der Waals surface area (Å²) >= 11 is 0. The SMILES string of the molecule is CC(C)(C)OC(=O)N1CCC(C(CC=O)c2ccccc2)CC1. The van der Waals surface area contributed by atoms with Gasteiger partial charge in [-0.05, 0) is 51.0 Å². The predicted octanol–water partition coefficient (Wildman–Crippen LogP) is 4.01. The number of carbonyl (C=O) groups excluding carboxylic acids is 2. The Morgan fingerprint density at radius 2 is 1.87 bits per heavy atom. The Kier molecular flexibility index (Phi) is 5.80. The van der Waals surface area contributed by atoms with Crippen molar-refractivity contribution >= 4 is 12.4 Å². The molecule has 0 aromatic heterocycles. The lowest BCUT2D eigenvalue weighted by atomic mass is 9.78. The Morgan fingerprint density at radius 1 is 1.26 bits per heavy atom. The number of hydrogen-bond donors (Lipinski definition) is 0. The lowest BCUT2D eigenvalue weighted by molar-refractivity contribution is -0.108. The zero-order valence-corrected chi connectivity index (χ0v) is 14.3. The molecular weight excluding hydrogens is 290 g/mol. The second-order valence-electron chi connectivity index (χ2n) is 7.22. The van der Waals surface area contributed by atoms with Crippen molar-refractivity contribution in [2.75, 3.05) is 13.1 Å². The first-order valence-electron chi connectivity index (χ1n) is 8.37. The number of rotatable bonds is 4. The summed E-state index contributed by atoms with van der Waals surface area (Å²) in [5.74, 6) is 0.677. The average molecular weight is 317 g/mol. The molecule has 0 saturated carbocycles. The van der Waals surface area contributed by atoms with E-state index in [-0.39, 0.29) is 12.0 Å². The van der Waals surface area contributed by atoms with E-state index in [0.29, 0.717) is 25.4 Å². The Balaban J connectivity index is 1.96. The molecule has 1 aliphatic heterocycles. The van der Waals surface area contributed by atoms with E-state index in [0.717, 1.165) is 19.1 Å². The van der Waals surface area contributed by atoms with Crippen LogP contribution in [0.1, 0.15) is 51.5 Å². The minimum atomic E-state index is -0.460. The van der Waals surface area contributed by atoms with E-state index < -0.39 is 5.60 Å². The predicted molar refractivity (Wildman–Crippen MR) is 90.4 cm³/mol.